The van der Waals surface area contributed by atoms with E-state index >= 15 is 0 Å². The van der Waals surface area contributed by atoms with Crippen molar-refractivity contribution in [2.24, 2.45) is 0 Å². The third kappa shape index (κ3) is 2.36. The van der Waals surface area contributed by atoms with Crippen LogP contribution < -0.4 is 0 Å². The molecule has 0 saturated heterocycles. The number of nitrogens with zero attached hydrogens (tertiary/aromatic N) is 2. The molecule has 0 aliphatic heterocycles. The van der Waals surface area contributed by atoms with Crippen LogP contribution in [0.25, 0.3) is 11.1 Å². The van der Waals surface area contributed by atoms with E-state index in [-0.39, 0.29) is 0 Å². The van der Waals surface area contributed by atoms with E-state index < -0.39 is 0 Å². The predicted octanol–water partition coefficient (Wildman–Crippen LogP) is 2.24. The largest absolute Gasteiger partial charge is 0.441 e. The van der Waals surface area contributed by atoms with Crippen molar-refractivity contribution in [1.29, 1.82) is 0 Å². The third-order valence-electron chi connectivity index (χ3n) is 2.41. The van der Waals surface area contributed by atoms with Gasteiger partial charge in [0.15, 0.2) is 11.5 Å². The lowest BCUT2D eigenvalue weighted by Gasteiger charge is -2.08. The van der Waals surface area contributed by atoms with Crippen LogP contribution >= 0.6 is 0 Å². The Balaban J connectivity index is 2.22. The second-order valence-electron chi connectivity index (χ2n) is 4.09. The summed E-state index contributed by atoms with van der Waals surface area (Å²) in [4.78, 5) is 6.45. The van der Waals surface area contributed by atoms with Gasteiger partial charge < -0.3 is 9.32 Å². The minimum absolute atomic E-state index is 0.731. The van der Waals surface area contributed by atoms with E-state index in [2.05, 4.69) is 36.1 Å². The Kier molecular flexibility index (Phi) is 2.73. The van der Waals surface area contributed by atoms with Gasteiger partial charge in [-0.2, -0.15) is 0 Å². The maximum Gasteiger partial charge on any atom is 0.192 e. The molecule has 0 fully saturated rings. The minimum atomic E-state index is 0.731. The van der Waals surface area contributed by atoms with Crippen LogP contribution in [-0.4, -0.2) is 30.5 Å². The van der Waals surface area contributed by atoms with E-state index in [1.165, 1.54) is 5.56 Å². The normalized spacial score (nSPS) is 11.5. The van der Waals surface area contributed by atoms with Crippen LogP contribution in [0.4, 0.5) is 0 Å². The van der Waals surface area contributed by atoms with Crippen molar-refractivity contribution in [3.63, 3.8) is 0 Å². The number of rotatable bonds is 3. The average Bonchev–Trinajstić information content (AvgIpc) is 2.53. The fraction of sp³-hybridized carbons (Fsp3) is 0.417. The molecule has 80 valence electrons. The molecule has 2 aromatic rings. The molecule has 0 atom stereocenters. The quantitative estimate of drug-likeness (QED) is 0.767. The van der Waals surface area contributed by atoms with E-state index in [9.17, 15) is 0 Å². The first-order valence-corrected chi connectivity index (χ1v) is 5.16. The first kappa shape index (κ1) is 10.2. The lowest BCUT2D eigenvalue weighted by molar-refractivity contribution is 0.413. The summed E-state index contributed by atoms with van der Waals surface area (Å²) in [6.45, 7) is 2.93. The first-order chi connectivity index (χ1) is 7.15. The van der Waals surface area contributed by atoms with Crippen molar-refractivity contribution >= 4 is 11.1 Å². The molecule has 3 nitrogen and oxygen atoms in total. The summed E-state index contributed by atoms with van der Waals surface area (Å²) < 4.78 is 5.49. The van der Waals surface area contributed by atoms with Gasteiger partial charge in [-0.15, -0.1) is 0 Å². The molecule has 0 spiro atoms. The van der Waals surface area contributed by atoms with Gasteiger partial charge >= 0.3 is 0 Å². The van der Waals surface area contributed by atoms with E-state index in [1.54, 1.807) is 0 Å². The molecule has 0 N–H and O–H groups in total. The van der Waals surface area contributed by atoms with Crippen LogP contribution in [-0.2, 0) is 6.42 Å². The molecule has 0 amide bonds. The van der Waals surface area contributed by atoms with E-state index in [0.717, 1.165) is 30.0 Å². The summed E-state index contributed by atoms with van der Waals surface area (Å²) in [6, 6.07) is 6.23. The molecule has 1 aromatic heterocycles. The molecule has 0 aliphatic rings. The number of hydrogen-bond acceptors (Lipinski definition) is 3. The zero-order valence-electron chi connectivity index (χ0n) is 9.45. The highest BCUT2D eigenvalue weighted by atomic mass is 16.3. The predicted molar refractivity (Wildman–Crippen MR) is 61.0 cm³/mol. The smallest absolute Gasteiger partial charge is 0.192 e. The molecule has 3 heteroatoms. The number of fused-ring (bicyclic) bond motifs is 1. The van der Waals surface area contributed by atoms with Gasteiger partial charge in [-0.3, -0.25) is 0 Å². The summed E-state index contributed by atoms with van der Waals surface area (Å²) in [6.07, 6.45) is 1.04. The number of oxazole rings is 1. The van der Waals surface area contributed by atoms with Crippen molar-refractivity contribution in [2.75, 3.05) is 20.6 Å². The second kappa shape index (κ2) is 4.03. The Morgan fingerprint density at radius 1 is 1.33 bits per heavy atom. The lowest BCUT2D eigenvalue weighted by Crippen LogP contribution is -2.14. The third-order valence-corrected chi connectivity index (χ3v) is 2.41. The Labute approximate surface area is 89.7 Å². The highest BCUT2D eigenvalue weighted by Crippen LogP contribution is 2.17. The molecule has 0 unspecified atom stereocenters. The molecule has 2 rings (SSSR count). The summed E-state index contributed by atoms with van der Waals surface area (Å²) in [5, 5.41) is 0. The van der Waals surface area contributed by atoms with Gasteiger partial charge in [-0.05, 0) is 38.2 Å². The highest BCUT2D eigenvalue weighted by Gasteiger charge is 2.03. The monoisotopic (exact) mass is 204 g/mol. The number of aromatic nitrogens is 1. The van der Waals surface area contributed by atoms with Crippen LogP contribution in [0.3, 0.4) is 0 Å². The van der Waals surface area contributed by atoms with Crippen molar-refractivity contribution in [3.05, 3.63) is 29.7 Å². The number of hydrogen-bond donors (Lipinski definition) is 0. The number of aryl methyl sites for hydroxylation is 1. The van der Waals surface area contributed by atoms with Crippen molar-refractivity contribution in [2.45, 2.75) is 13.3 Å². The van der Waals surface area contributed by atoms with Crippen molar-refractivity contribution < 1.29 is 4.42 Å². The molecular formula is C12H16N2O. The fourth-order valence-corrected chi connectivity index (χ4v) is 1.59. The Hall–Kier alpha value is -1.35. The molecular weight excluding hydrogens is 188 g/mol. The highest BCUT2D eigenvalue weighted by molar-refractivity contribution is 5.73. The number of likely N-dealkylation sites (N-methyl/N-ethyl adjacent to an activating group) is 1. The standard InChI is InChI=1S/C12H16N2O/c1-9-13-11-5-4-10(6-7-14(2)3)8-12(11)15-9/h4-5,8H,6-7H2,1-3H3. The molecule has 0 aliphatic carbocycles. The topological polar surface area (TPSA) is 29.3 Å². The van der Waals surface area contributed by atoms with Gasteiger partial charge in [0, 0.05) is 13.5 Å². The summed E-state index contributed by atoms with van der Waals surface area (Å²) in [7, 11) is 4.16. The zero-order valence-corrected chi connectivity index (χ0v) is 9.45. The average molecular weight is 204 g/mol. The van der Waals surface area contributed by atoms with Gasteiger partial charge in [0.1, 0.15) is 5.52 Å². The SMILES string of the molecule is Cc1nc2ccc(CCN(C)C)cc2o1. The Morgan fingerprint density at radius 2 is 2.13 bits per heavy atom. The summed E-state index contributed by atoms with van der Waals surface area (Å²) >= 11 is 0. The lowest BCUT2D eigenvalue weighted by atomic mass is 10.1. The van der Waals surface area contributed by atoms with Crippen LogP contribution in [0.5, 0.6) is 0 Å². The molecule has 1 heterocycles. The molecule has 1 aromatic carbocycles. The molecule has 0 radical (unpaired) electrons. The maximum absolute atomic E-state index is 5.49. The van der Waals surface area contributed by atoms with Gasteiger partial charge in [-0.25, -0.2) is 4.98 Å². The van der Waals surface area contributed by atoms with E-state index in [1.807, 2.05) is 13.0 Å². The van der Waals surface area contributed by atoms with Gasteiger partial charge in [-0.1, -0.05) is 6.07 Å². The summed E-state index contributed by atoms with van der Waals surface area (Å²) in [5.74, 6) is 0.731. The second-order valence-corrected chi connectivity index (χ2v) is 4.09. The number of benzene rings is 1. The van der Waals surface area contributed by atoms with Gasteiger partial charge in [0.25, 0.3) is 0 Å². The van der Waals surface area contributed by atoms with Crippen molar-refractivity contribution in [3.8, 4) is 0 Å². The van der Waals surface area contributed by atoms with Crippen LogP contribution in [0, 0.1) is 6.92 Å². The minimum Gasteiger partial charge on any atom is -0.441 e. The Bertz CT molecular complexity index is 460. The Morgan fingerprint density at radius 3 is 2.87 bits per heavy atom. The van der Waals surface area contributed by atoms with Gasteiger partial charge in [0.05, 0.1) is 0 Å². The van der Waals surface area contributed by atoms with Crippen molar-refractivity contribution in [1.82, 2.24) is 9.88 Å². The fourth-order valence-electron chi connectivity index (χ4n) is 1.59. The molecule has 15 heavy (non-hydrogen) atoms. The summed E-state index contributed by atoms with van der Waals surface area (Å²) in [5.41, 5.74) is 3.14. The van der Waals surface area contributed by atoms with Crippen LogP contribution in [0.1, 0.15) is 11.5 Å². The first-order valence-electron chi connectivity index (χ1n) is 5.16. The van der Waals surface area contributed by atoms with Crippen LogP contribution in [0.2, 0.25) is 0 Å². The molecule has 0 saturated carbocycles. The van der Waals surface area contributed by atoms with Crippen LogP contribution in [0.15, 0.2) is 22.6 Å². The molecule has 0 bridgehead atoms. The van der Waals surface area contributed by atoms with E-state index in [0.29, 0.717) is 0 Å². The van der Waals surface area contributed by atoms with Gasteiger partial charge in [0.2, 0.25) is 0 Å². The van der Waals surface area contributed by atoms with E-state index in [4.69, 9.17) is 4.42 Å². The zero-order chi connectivity index (χ0) is 10.8. The maximum atomic E-state index is 5.49.